The standard InChI is InChI=1S/C23H18BrN3O4/c1-15-12-18(24)10-11-20(15)26-21(28)22(29)27-25-14-16-6-5-9-19(13-16)31-23(30)17-7-3-2-4-8-17/h2-14H,1H3,(H,26,28)(H,27,29)/b25-14+. The van der Waals surface area contributed by atoms with Gasteiger partial charge in [0.25, 0.3) is 0 Å². The molecule has 8 heteroatoms. The molecule has 0 fully saturated rings. The minimum atomic E-state index is -0.912. The Kier molecular flexibility index (Phi) is 7.29. The average Bonchev–Trinajstić information content (AvgIpc) is 2.76. The summed E-state index contributed by atoms with van der Waals surface area (Å²) in [5, 5.41) is 6.31. The van der Waals surface area contributed by atoms with Crippen LogP contribution in [0.1, 0.15) is 21.5 Å². The highest BCUT2D eigenvalue weighted by atomic mass is 79.9. The van der Waals surface area contributed by atoms with Crippen LogP contribution < -0.4 is 15.5 Å². The van der Waals surface area contributed by atoms with Crippen molar-refractivity contribution < 1.29 is 19.1 Å². The molecule has 3 rings (SSSR count). The smallest absolute Gasteiger partial charge is 0.343 e. The molecule has 156 valence electrons. The zero-order chi connectivity index (χ0) is 22.2. The molecule has 0 aliphatic carbocycles. The van der Waals surface area contributed by atoms with E-state index >= 15 is 0 Å². The van der Waals surface area contributed by atoms with Gasteiger partial charge in [-0.05, 0) is 60.5 Å². The van der Waals surface area contributed by atoms with Gasteiger partial charge in [-0.15, -0.1) is 0 Å². The molecule has 0 aliphatic rings. The predicted molar refractivity (Wildman–Crippen MR) is 121 cm³/mol. The lowest BCUT2D eigenvalue weighted by molar-refractivity contribution is -0.136. The van der Waals surface area contributed by atoms with E-state index in [4.69, 9.17) is 4.74 Å². The van der Waals surface area contributed by atoms with Crippen LogP contribution in [0.2, 0.25) is 0 Å². The van der Waals surface area contributed by atoms with Crippen molar-refractivity contribution in [3.63, 3.8) is 0 Å². The quantitative estimate of drug-likeness (QED) is 0.189. The Labute approximate surface area is 187 Å². The lowest BCUT2D eigenvalue weighted by atomic mass is 10.2. The second kappa shape index (κ2) is 10.3. The number of benzene rings is 3. The van der Waals surface area contributed by atoms with Gasteiger partial charge in [-0.1, -0.05) is 46.3 Å². The van der Waals surface area contributed by atoms with Crippen molar-refractivity contribution in [1.82, 2.24) is 5.43 Å². The molecular weight excluding hydrogens is 462 g/mol. The van der Waals surface area contributed by atoms with E-state index in [0.717, 1.165) is 10.0 Å². The van der Waals surface area contributed by atoms with E-state index in [1.807, 2.05) is 19.1 Å². The summed E-state index contributed by atoms with van der Waals surface area (Å²) in [6.07, 6.45) is 1.34. The average molecular weight is 480 g/mol. The summed E-state index contributed by atoms with van der Waals surface area (Å²) in [6.45, 7) is 1.81. The monoisotopic (exact) mass is 479 g/mol. The van der Waals surface area contributed by atoms with Crippen LogP contribution >= 0.6 is 15.9 Å². The number of halogens is 1. The van der Waals surface area contributed by atoms with Gasteiger partial charge < -0.3 is 10.1 Å². The fourth-order valence-corrected chi connectivity index (χ4v) is 3.04. The van der Waals surface area contributed by atoms with Crippen molar-refractivity contribution in [2.75, 3.05) is 5.32 Å². The number of aryl methyl sites for hydroxylation is 1. The van der Waals surface area contributed by atoms with Crippen molar-refractivity contribution in [1.29, 1.82) is 0 Å². The Morgan fingerprint density at radius 2 is 1.71 bits per heavy atom. The summed E-state index contributed by atoms with van der Waals surface area (Å²) >= 11 is 3.34. The number of anilines is 1. The Bertz CT molecular complexity index is 1150. The zero-order valence-electron chi connectivity index (χ0n) is 16.5. The number of hydrogen-bond donors (Lipinski definition) is 2. The topological polar surface area (TPSA) is 96.9 Å². The third-order valence-electron chi connectivity index (χ3n) is 4.10. The molecule has 0 saturated heterocycles. The number of carbonyl (C=O) groups is 3. The molecule has 0 radical (unpaired) electrons. The van der Waals surface area contributed by atoms with Crippen LogP contribution in [0, 0.1) is 6.92 Å². The molecular formula is C23H18BrN3O4. The number of esters is 1. The number of hydrogen-bond acceptors (Lipinski definition) is 5. The molecule has 3 aromatic rings. The predicted octanol–water partition coefficient (Wildman–Crippen LogP) is 4.07. The fraction of sp³-hybridized carbons (Fsp3) is 0.0435. The van der Waals surface area contributed by atoms with Gasteiger partial charge in [-0.25, -0.2) is 10.2 Å². The molecule has 7 nitrogen and oxygen atoms in total. The molecule has 0 saturated carbocycles. The van der Waals surface area contributed by atoms with E-state index in [1.54, 1.807) is 60.7 Å². The number of hydrazone groups is 1. The van der Waals surface area contributed by atoms with Crippen LogP contribution in [-0.2, 0) is 9.59 Å². The number of ether oxygens (including phenoxy) is 1. The number of nitrogens with zero attached hydrogens (tertiary/aromatic N) is 1. The summed E-state index contributed by atoms with van der Waals surface area (Å²) in [7, 11) is 0. The lowest BCUT2D eigenvalue weighted by Gasteiger charge is -2.07. The van der Waals surface area contributed by atoms with E-state index in [1.165, 1.54) is 6.21 Å². The van der Waals surface area contributed by atoms with Gasteiger partial charge in [0.15, 0.2) is 0 Å². The van der Waals surface area contributed by atoms with Gasteiger partial charge in [-0.2, -0.15) is 5.10 Å². The molecule has 31 heavy (non-hydrogen) atoms. The van der Waals surface area contributed by atoms with Crippen LogP contribution in [0.15, 0.2) is 82.4 Å². The SMILES string of the molecule is Cc1cc(Br)ccc1NC(=O)C(=O)N/N=C/c1cccc(OC(=O)c2ccccc2)c1. The van der Waals surface area contributed by atoms with Gasteiger partial charge in [0.1, 0.15) is 5.75 Å². The highest BCUT2D eigenvalue weighted by Gasteiger charge is 2.14. The molecule has 0 aliphatic heterocycles. The summed E-state index contributed by atoms with van der Waals surface area (Å²) in [5.74, 6) is -1.91. The largest absolute Gasteiger partial charge is 0.423 e. The van der Waals surface area contributed by atoms with Crippen LogP contribution in [0.25, 0.3) is 0 Å². The number of nitrogens with one attached hydrogen (secondary N) is 2. The Hall–Kier alpha value is -3.78. The number of carbonyl (C=O) groups excluding carboxylic acids is 3. The van der Waals surface area contributed by atoms with E-state index in [9.17, 15) is 14.4 Å². The van der Waals surface area contributed by atoms with Gasteiger partial charge in [0.2, 0.25) is 0 Å². The second-order valence-corrected chi connectivity index (χ2v) is 7.36. The number of amides is 2. The molecule has 0 aromatic heterocycles. The normalized spacial score (nSPS) is 10.5. The fourth-order valence-electron chi connectivity index (χ4n) is 2.56. The minimum Gasteiger partial charge on any atom is -0.423 e. The highest BCUT2D eigenvalue weighted by molar-refractivity contribution is 9.10. The first kappa shape index (κ1) is 21.9. The van der Waals surface area contributed by atoms with Gasteiger partial charge in [0.05, 0.1) is 11.8 Å². The summed E-state index contributed by atoms with van der Waals surface area (Å²) in [4.78, 5) is 36.1. The highest BCUT2D eigenvalue weighted by Crippen LogP contribution is 2.20. The third kappa shape index (κ3) is 6.35. The van der Waals surface area contributed by atoms with E-state index in [2.05, 4.69) is 31.8 Å². The van der Waals surface area contributed by atoms with E-state index in [-0.39, 0.29) is 0 Å². The molecule has 0 heterocycles. The van der Waals surface area contributed by atoms with Crippen LogP contribution in [0.4, 0.5) is 5.69 Å². The Morgan fingerprint density at radius 3 is 2.45 bits per heavy atom. The first-order valence-electron chi connectivity index (χ1n) is 9.20. The van der Waals surface area contributed by atoms with E-state index < -0.39 is 17.8 Å². The summed E-state index contributed by atoms with van der Waals surface area (Å²) in [5.41, 5.74) is 4.51. The Balaban J connectivity index is 1.56. The van der Waals surface area contributed by atoms with Crippen LogP contribution in [0.3, 0.4) is 0 Å². The summed E-state index contributed by atoms with van der Waals surface area (Å²) < 4.78 is 6.21. The van der Waals surface area contributed by atoms with Gasteiger partial charge in [-0.3, -0.25) is 9.59 Å². The molecule has 0 bridgehead atoms. The van der Waals surface area contributed by atoms with Gasteiger partial charge in [0, 0.05) is 10.2 Å². The van der Waals surface area contributed by atoms with Crippen molar-refractivity contribution in [2.24, 2.45) is 5.10 Å². The van der Waals surface area contributed by atoms with Crippen molar-refractivity contribution in [3.05, 3.63) is 94.0 Å². The lowest BCUT2D eigenvalue weighted by Crippen LogP contribution is -2.32. The maximum atomic E-state index is 12.1. The minimum absolute atomic E-state index is 0.326. The summed E-state index contributed by atoms with van der Waals surface area (Å²) in [6, 6.07) is 20.5. The molecule has 0 spiro atoms. The molecule has 2 N–H and O–H groups in total. The molecule has 2 amide bonds. The van der Waals surface area contributed by atoms with Crippen molar-refractivity contribution >= 4 is 45.6 Å². The maximum Gasteiger partial charge on any atom is 0.343 e. The third-order valence-corrected chi connectivity index (χ3v) is 4.59. The van der Waals surface area contributed by atoms with E-state index in [0.29, 0.717) is 22.6 Å². The van der Waals surface area contributed by atoms with Crippen molar-refractivity contribution in [3.8, 4) is 5.75 Å². The number of rotatable bonds is 5. The van der Waals surface area contributed by atoms with Gasteiger partial charge >= 0.3 is 17.8 Å². The second-order valence-electron chi connectivity index (χ2n) is 6.44. The Morgan fingerprint density at radius 1 is 0.935 bits per heavy atom. The van der Waals surface area contributed by atoms with Crippen LogP contribution in [0.5, 0.6) is 5.75 Å². The molecule has 0 unspecified atom stereocenters. The zero-order valence-corrected chi connectivity index (χ0v) is 18.0. The van der Waals surface area contributed by atoms with Crippen molar-refractivity contribution in [2.45, 2.75) is 6.92 Å². The molecule has 3 aromatic carbocycles. The first-order chi connectivity index (χ1) is 14.9. The maximum absolute atomic E-state index is 12.1. The molecule has 0 atom stereocenters. The van der Waals surface area contributed by atoms with Crippen LogP contribution in [-0.4, -0.2) is 24.0 Å². The first-order valence-corrected chi connectivity index (χ1v) is 9.99.